The molecule has 0 bridgehead atoms. The molecule has 0 radical (unpaired) electrons. The number of hydrogen-bond acceptors (Lipinski definition) is 6. The van der Waals surface area contributed by atoms with E-state index in [4.69, 9.17) is 0 Å². The Morgan fingerprint density at radius 1 is 1.23 bits per heavy atom. The molecule has 0 saturated carbocycles. The molecule has 0 aliphatic carbocycles. The van der Waals surface area contributed by atoms with Crippen LogP contribution in [-0.2, 0) is 16.0 Å². The maximum Gasteiger partial charge on any atom is 0.416 e. The Bertz CT molecular complexity index is 1220. The van der Waals surface area contributed by atoms with Crippen molar-refractivity contribution in [1.29, 1.82) is 0 Å². The molecular weight excluding hydrogens is 485 g/mol. The molecule has 1 atom stereocenters. The van der Waals surface area contributed by atoms with Crippen molar-refractivity contribution in [2.45, 2.75) is 38.1 Å². The zero-order valence-electron chi connectivity index (χ0n) is 16.2. The first-order valence-electron chi connectivity index (χ1n) is 8.93. The molecule has 30 heavy (non-hydrogen) atoms. The molecule has 0 aliphatic rings. The predicted octanol–water partition coefficient (Wildman–Crippen LogP) is 5.08. The van der Waals surface area contributed by atoms with E-state index >= 15 is 0 Å². The number of alkyl halides is 3. The number of hydrogen-bond donors (Lipinski definition) is 1. The highest BCUT2D eigenvalue weighted by Crippen LogP contribution is 2.35. The van der Waals surface area contributed by atoms with Gasteiger partial charge in [-0.05, 0) is 53.0 Å². The zero-order valence-corrected chi connectivity index (χ0v) is 18.7. The van der Waals surface area contributed by atoms with Gasteiger partial charge in [-0.1, -0.05) is 19.1 Å². The fourth-order valence-electron chi connectivity index (χ4n) is 3.08. The van der Waals surface area contributed by atoms with Gasteiger partial charge in [0, 0.05) is 5.39 Å². The number of fused-ring (bicyclic) bond motifs is 1. The lowest BCUT2D eigenvalue weighted by molar-refractivity contribution is -0.138. The van der Waals surface area contributed by atoms with Gasteiger partial charge in [-0.3, -0.25) is 0 Å². The van der Waals surface area contributed by atoms with Gasteiger partial charge in [-0.15, -0.1) is 0 Å². The van der Waals surface area contributed by atoms with E-state index in [1.807, 2.05) is 0 Å². The van der Waals surface area contributed by atoms with Gasteiger partial charge in [0.2, 0.25) is 15.0 Å². The number of anilines is 1. The average molecular weight is 503 g/mol. The Balaban J connectivity index is 2.12. The molecule has 160 valence electrons. The van der Waals surface area contributed by atoms with Gasteiger partial charge in [0.1, 0.15) is 10.4 Å². The Morgan fingerprint density at radius 3 is 2.57 bits per heavy atom. The molecule has 3 rings (SSSR count). The summed E-state index contributed by atoms with van der Waals surface area (Å²) < 4.78 is 64.9. The Hall–Kier alpha value is -2.27. The lowest BCUT2D eigenvalue weighted by Crippen LogP contribution is -2.16. The summed E-state index contributed by atoms with van der Waals surface area (Å²) in [6, 6.07) is 4.99. The van der Waals surface area contributed by atoms with Crippen LogP contribution in [0.25, 0.3) is 10.9 Å². The van der Waals surface area contributed by atoms with Crippen LogP contribution in [0, 0.1) is 6.92 Å². The highest BCUT2D eigenvalue weighted by Gasteiger charge is 2.33. The minimum atomic E-state index is -4.47. The number of aromatic nitrogens is 3. The monoisotopic (exact) mass is 502 g/mol. The smallest absolute Gasteiger partial charge is 0.363 e. The molecule has 0 saturated heterocycles. The summed E-state index contributed by atoms with van der Waals surface area (Å²) in [5.74, 6) is 0.00364. The average Bonchev–Trinajstić information content (AvgIpc) is 2.67. The molecule has 1 unspecified atom stereocenters. The van der Waals surface area contributed by atoms with Crippen molar-refractivity contribution in [2.75, 3.05) is 11.1 Å². The fourth-order valence-corrected chi connectivity index (χ4v) is 4.13. The van der Waals surface area contributed by atoms with Crippen LogP contribution in [-0.4, -0.2) is 29.1 Å². The Morgan fingerprint density at radius 2 is 1.93 bits per heavy atom. The van der Waals surface area contributed by atoms with Gasteiger partial charge in [0.25, 0.3) is 0 Å². The number of nitrogens with zero attached hydrogens (tertiary/aromatic N) is 3. The second kappa shape index (κ2) is 8.10. The quantitative estimate of drug-likeness (QED) is 0.386. The number of nitrogens with one attached hydrogen (secondary N) is 1. The van der Waals surface area contributed by atoms with Crippen LogP contribution in [0.5, 0.6) is 0 Å². The molecule has 0 fully saturated rings. The van der Waals surface area contributed by atoms with Gasteiger partial charge in [0.05, 0.1) is 29.1 Å². The second-order valence-electron chi connectivity index (χ2n) is 6.67. The fraction of sp³-hybridized carbons (Fsp3) is 0.316. The minimum absolute atomic E-state index is 0.0904. The molecule has 1 N–H and O–H groups in total. The zero-order chi connectivity index (χ0) is 22.3. The van der Waals surface area contributed by atoms with Crippen LogP contribution in [0.4, 0.5) is 19.0 Å². The molecule has 3 aromatic rings. The number of benzene rings is 1. The summed E-state index contributed by atoms with van der Waals surface area (Å²) in [4.78, 5) is 12.3. The molecule has 0 aliphatic heterocycles. The van der Waals surface area contributed by atoms with Crippen molar-refractivity contribution in [3.63, 3.8) is 0 Å². The first-order valence-corrected chi connectivity index (χ1v) is 11.4. The Labute approximate surface area is 180 Å². The summed E-state index contributed by atoms with van der Waals surface area (Å²) >= 11 is 3.25. The van der Waals surface area contributed by atoms with Crippen molar-refractivity contribution in [1.82, 2.24) is 15.0 Å². The third-order valence-corrected chi connectivity index (χ3v) is 6.62. The molecule has 2 aromatic heterocycles. The topological polar surface area (TPSA) is 84.8 Å². The van der Waals surface area contributed by atoms with E-state index in [1.54, 1.807) is 19.1 Å². The van der Waals surface area contributed by atoms with Gasteiger partial charge < -0.3 is 5.32 Å². The van der Waals surface area contributed by atoms with Gasteiger partial charge in [-0.25, -0.2) is 23.4 Å². The summed E-state index contributed by atoms with van der Waals surface area (Å²) in [5.41, 5.74) is 0.0929. The van der Waals surface area contributed by atoms with E-state index in [9.17, 15) is 21.6 Å². The van der Waals surface area contributed by atoms with Gasteiger partial charge >= 0.3 is 6.18 Å². The normalized spacial score (nSPS) is 13.4. The SMILES string of the molecule is CCS(=O)(=O)c1nc(NC(C)c2cccc(C(F)(F)F)c2C)c2cc(Br)ncc2n1. The highest BCUT2D eigenvalue weighted by molar-refractivity contribution is 9.10. The second-order valence-corrected chi connectivity index (χ2v) is 9.65. The number of pyridine rings is 1. The van der Waals surface area contributed by atoms with Gasteiger partial charge in [0.15, 0.2) is 0 Å². The maximum absolute atomic E-state index is 13.3. The predicted molar refractivity (Wildman–Crippen MR) is 111 cm³/mol. The van der Waals surface area contributed by atoms with Crippen LogP contribution in [0.15, 0.2) is 40.2 Å². The maximum atomic E-state index is 13.3. The lowest BCUT2D eigenvalue weighted by atomic mass is 9.97. The lowest BCUT2D eigenvalue weighted by Gasteiger charge is -2.21. The molecular formula is C19H18BrF3N4O2S. The summed E-state index contributed by atoms with van der Waals surface area (Å²) in [5, 5.41) is 3.18. The molecule has 1 aromatic carbocycles. The summed E-state index contributed by atoms with van der Waals surface area (Å²) in [6.45, 7) is 4.56. The van der Waals surface area contributed by atoms with Crippen LogP contribution >= 0.6 is 15.9 Å². The van der Waals surface area contributed by atoms with Crippen LogP contribution in [0.3, 0.4) is 0 Å². The first kappa shape index (κ1) is 22.4. The summed E-state index contributed by atoms with van der Waals surface area (Å²) in [7, 11) is -3.71. The van der Waals surface area contributed by atoms with Crippen molar-refractivity contribution < 1.29 is 21.6 Å². The van der Waals surface area contributed by atoms with E-state index < -0.39 is 27.6 Å². The van der Waals surface area contributed by atoms with Crippen molar-refractivity contribution in [3.05, 3.63) is 51.8 Å². The van der Waals surface area contributed by atoms with Crippen LogP contribution in [0.2, 0.25) is 0 Å². The molecule has 2 heterocycles. The third kappa shape index (κ3) is 4.41. The van der Waals surface area contributed by atoms with Crippen LogP contribution < -0.4 is 5.32 Å². The van der Waals surface area contributed by atoms with E-state index in [0.29, 0.717) is 21.1 Å². The van der Waals surface area contributed by atoms with Crippen molar-refractivity contribution in [3.8, 4) is 0 Å². The minimum Gasteiger partial charge on any atom is -0.363 e. The van der Waals surface area contributed by atoms with E-state index in [0.717, 1.165) is 6.07 Å². The number of rotatable bonds is 5. The van der Waals surface area contributed by atoms with Crippen molar-refractivity contribution in [2.24, 2.45) is 0 Å². The van der Waals surface area contributed by atoms with Crippen molar-refractivity contribution >= 4 is 42.5 Å². The number of halogens is 4. The van der Waals surface area contributed by atoms with E-state index in [1.165, 1.54) is 26.1 Å². The van der Waals surface area contributed by atoms with Crippen LogP contribution in [0.1, 0.15) is 36.6 Å². The van der Waals surface area contributed by atoms with E-state index in [2.05, 4.69) is 36.2 Å². The Kier molecular flexibility index (Phi) is 6.06. The molecule has 6 nitrogen and oxygen atoms in total. The third-order valence-electron chi connectivity index (χ3n) is 4.69. The van der Waals surface area contributed by atoms with E-state index in [-0.39, 0.29) is 22.3 Å². The molecule has 11 heteroatoms. The molecule has 0 amide bonds. The standard InChI is InChI=1S/C19H18BrF3N4O2S/c1-4-30(28,29)18-26-15-9-24-16(20)8-13(15)17(27-18)25-11(3)12-6-5-7-14(10(12)2)19(21,22)23/h5-9,11H,4H2,1-3H3,(H,25,26,27). The molecule has 0 spiro atoms. The number of sulfone groups is 1. The first-order chi connectivity index (χ1) is 13.9. The van der Waals surface area contributed by atoms with Gasteiger partial charge in [-0.2, -0.15) is 13.2 Å². The largest absolute Gasteiger partial charge is 0.416 e. The highest BCUT2D eigenvalue weighted by atomic mass is 79.9. The summed E-state index contributed by atoms with van der Waals surface area (Å²) in [6.07, 6.45) is -3.07.